The van der Waals surface area contributed by atoms with Crippen LogP contribution in [0.5, 0.6) is 0 Å². The molecule has 0 saturated carbocycles. The summed E-state index contributed by atoms with van der Waals surface area (Å²) >= 11 is 6.26. The summed E-state index contributed by atoms with van der Waals surface area (Å²) in [6, 6.07) is 5.32. The zero-order chi connectivity index (χ0) is 18.6. The van der Waals surface area contributed by atoms with Gasteiger partial charge < -0.3 is 14.6 Å². The first-order valence-corrected chi connectivity index (χ1v) is 8.58. The van der Waals surface area contributed by atoms with E-state index in [4.69, 9.17) is 17.0 Å². The molecule has 0 aliphatic rings. The van der Waals surface area contributed by atoms with Crippen LogP contribution >= 0.6 is 23.6 Å². The highest BCUT2D eigenvalue weighted by Crippen LogP contribution is 2.27. The van der Waals surface area contributed by atoms with Crippen molar-refractivity contribution < 1.29 is 19.2 Å². The quantitative estimate of drug-likeness (QED) is 0.355. The first kappa shape index (κ1) is 18.7. The molecule has 0 spiro atoms. The van der Waals surface area contributed by atoms with E-state index < -0.39 is 16.8 Å². The molecule has 2 aromatic rings. The number of anilines is 1. The van der Waals surface area contributed by atoms with E-state index in [0.29, 0.717) is 10.5 Å². The summed E-state index contributed by atoms with van der Waals surface area (Å²) in [4.78, 5) is 35.0. The Morgan fingerprint density at radius 2 is 2.12 bits per heavy atom. The topological polar surface area (TPSA) is 103 Å². The summed E-state index contributed by atoms with van der Waals surface area (Å²) < 4.78 is 7.01. The van der Waals surface area contributed by atoms with Crippen LogP contribution < -0.4 is 5.32 Å². The van der Waals surface area contributed by atoms with Gasteiger partial charge in [0.15, 0.2) is 8.83 Å². The van der Waals surface area contributed by atoms with Gasteiger partial charge in [-0.15, -0.1) is 0 Å². The molecule has 25 heavy (non-hydrogen) atoms. The van der Waals surface area contributed by atoms with E-state index in [-0.39, 0.29) is 28.6 Å². The molecule has 0 saturated heterocycles. The molecule has 0 aliphatic carbocycles. The lowest BCUT2D eigenvalue weighted by atomic mass is 10.2. The molecular formula is C15H15N3O5S2. The number of carbonyl (C=O) groups excluding carboxylic acids is 2. The second-order valence-electron chi connectivity index (χ2n) is 4.77. The fourth-order valence-electron chi connectivity index (χ4n) is 2.09. The van der Waals surface area contributed by atoms with Crippen molar-refractivity contribution in [3.05, 3.63) is 48.8 Å². The Kier molecular flexibility index (Phi) is 5.99. The van der Waals surface area contributed by atoms with E-state index in [0.717, 1.165) is 17.4 Å². The summed E-state index contributed by atoms with van der Waals surface area (Å²) in [5, 5.41) is 13.5. The number of thiazole rings is 1. The van der Waals surface area contributed by atoms with Crippen molar-refractivity contribution in [1.82, 2.24) is 4.57 Å². The Balaban J connectivity index is 2.40. The monoisotopic (exact) mass is 381 g/mol. The van der Waals surface area contributed by atoms with Crippen molar-refractivity contribution >= 4 is 46.9 Å². The molecule has 2 rings (SSSR count). The lowest BCUT2D eigenvalue weighted by Crippen LogP contribution is -2.18. The second kappa shape index (κ2) is 7.99. The largest absolute Gasteiger partial charge is 0.462 e. The van der Waals surface area contributed by atoms with Gasteiger partial charge in [-0.25, -0.2) is 4.79 Å². The third-order valence-electron chi connectivity index (χ3n) is 3.22. The molecule has 10 heteroatoms. The number of benzene rings is 1. The number of ether oxygens (including phenoxy) is 1. The van der Waals surface area contributed by atoms with Gasteiger partial charge in [-0.05, 0) is 32.1 Å². The van der Waals surface area contributed by atoms with Crippen LogP contribution in [0.15, 0.2) is 24.3 Å². The van der Waals surface area contributed by atoms with Crippen LogP contribution in [0, 0.1) is 14.1 Å². The molecule has 1 aromatic carbocycles. The number of rotatable bonds is 6. The third-order valence-corrected chi connectivity index (χ3v) is 4.65. The Morgan fingerprint density at radius 3 is 2.72 bits per heavy atom. The van der Waals surface area contributed by atoms with Crippen molar-refractivity contribution in [3.8, 4) is 0 Å². The maximum absolute atomic E-state index is 12.5. The van der Waals surface area contributed by atoms with E-state index in [1.807, 2.05) is 6.92 Å². The second-order valence-corrected chi connectivity index (χ2v) is 6.42. The van der Waals surface area contributed by atoms with Crippen LogP contribution in [0.3, 0.4) is 0 Å². The molecule has 0 aliphatic heterocycles. The summed E-state index contributed by atoms with van der Waals surface area (Å²) in [5.41, 5.74) is -0.0975. The number of nitro benzene ring substituents is 1. The van der Waals surface area contributed by atoms with Gasteiger partial charge in [-0.1, -0.05) is 17.4 Å². The van der Waals surface area contributed by atoms with Crippen LogP contribution in [0.25, 0.3) is 0 Å². The van der Waals surface area contributed by atoms with Crippen LogP contribution in [-0.4, -0.2) is 28.0 Å². The number of non-ortho nitro benzene ring substituents is 1. The summed E-state index contributed by atoms with van der Waals surface area (Å²) in [7, 11) is 0. The van der Waals surface area contributed by atoms with Crippen molar-refractivity contribution in [1.29, 1.82) is 0 Å². The van der Waals surface area contributed by atoms with Gasteiger partial charge in [-0.3, -0.25) is 14.9 Å². The zero-order valence-electron chi connectivity index (χ0n) is 13.5. The first-order valence-electron chi connectivity index (χ1n) is 7.35. The highest BCUT2D eigenvalue weighted by Gasteiger charge is 2.22. The predicted octanol–water partition coefficient (Wildman–Crippen LogP) is 3.64. The van der Waals surface area contributed by atoms with Crippen molar-refractivity contribution in [3.63, 3.8) is 0 Å². The van der Waals surface area contributed by atoms with Crippen LogP contribution in [-0.2, 0) is 11.3 Å². The summed E-state index contributed by atoms with van der Waals surface area (Å²) in [6.07, 6.45) is 0. The van der Waals surface area contributed by atoms with Gasteiger partial charge in [0.1, 0.15) is 5.82 Å². The molecule has 0 fully saturated rings. The van der Waals surface area contributed by atoms with Gasteiger partial charge in [-0.2, -0.15) is 0 Å². The molecule has 0 radical (unpaired) electrons. The Morgan fingerprint density at radius 1 is 1.40 bits per heavy atom. The summed E-state index contributed by atoms with van der Waals surface area (Å²) in [5.74, 6) is -0.933. The standard InChI is InChI=1S/C15H15N3O5S2/c1-3-17-12(11(25-15(17)24)14(20)23-4-2)16-13(19)9-6-5-7-10(8-9)18(21)22/h5-8H,3-4H2,1-2H3,(H,16,19). The molecule has 132 valence electrons. The zero-order valence-corrected chi connectivity index (χ0v) is 15.1. The SMILES string of the molecule is CCOC(=O)c1sc(=S)n(CC)c1NC(=O)c1cccc([N+](=O)[O-])c1. The minimum absolute atomic E-state index is 0.101. The van der Waals surface area contributed by atoms with Gasteiger partial charge >= 0.3 is 5.97 Å². The highest BCUT2D eigenvalue weighted by molar-refractivity contribution is 7.73. The molecule has 1 heterocycles. The van der Waals surface area contributed by atoms with E-state index >= 15 is 0 Å². The molecule has 8 nitrogen and oxygen atoms in total. The molecule has 0 bridgehead atoms. The Hall–Kier alpha value is -2.59. The fraction of sp³-hybridized carbons (Fsp3) is 0.267. The Bertz CT molecular complexity index is 888. The van der Waals surface area contributed by atoms with Gasteiger partial charge in [0, 0.05) is 24.2 Å². The Labute approximate surface area is 152 Å². The minimum Gasteiger partial charge on any atom is -0.462 e. The average molecular weight is 381 g/mol. The van der Waals surface area contributed by atoms with Crippen molar-refractivity contribution in [2.75, 3.05) is 11.9 Å². The lowest BCUT2D eigenvalue weighted by molar-refractivity contribution is -0.384. The number of nitro groups is 1. The van der Waals surface area contributed by atoms with E-state index in [9.17, 15) is 19.7 Å². The molecule has 1 N–H and O–H groups in total. The lowest BCUT2D eigenvalue weighted by Gasteiger charge is -2.10. The van der Waals surface area contributed by atoms with Crippen LogP contribution in [0.1, 0.15) is 33.9 Å². The smallest absolute Gasteiger partial charge is 0.352 e. The number of esters is 1. The number of hydrogen-bond acceptors (Lipinski definition) is 7. The number of aromatic nitrogens is 1. The number of amides is 1. The summed E-state index contributed by atoms with van der Waals surface area (Å²) in [6.45, 7) is 4.13. The molecule has 1 amide bonds. The number of nitrogens with one attached hydrogen (secondary N) is 1. The molecule has 1 aromatic heterocycles. The highest BCUT2D eigenvalue weighted by atomic mass is 32.1. The van der Waals surface area contributed by atoms with Gasteiger partial charge in [0.2, 0.25) is 0 Å². The molecule has 0 unspecified atom stereocenters. The normalized spacial score (nSPS) is 10.3. The fourth-order valence-corrected chi connectivity index (χ4v) is 3.47. The maximum atomic E-state index is 12.5. The van der Waals surface area contributed by atoms with E-state index in [2.05, 4.69) is 5.32 Å². The van der Waals surface area contributed by atoms with Crippen molar-refractivity contribution in [2.45, 2.75) is 20.4 Å². The minimum atomic E-state index is -0.584. The van der Waals surface area contributed by atoms with Crippen molar-refractivity contribution in [2.24, 2.45) is 0 Å². The van der Waals surface area contributed by atoms with Gasteiger partial charge in [0.05, 0.1) is 11.5 Å². The third kappa shape index (κ3) is 4.09. The first-order chi connectivity index (χ1) is 11.9. The predicted molar refractivity (Wildman–Crippen MR) is 95.8 cm³/mol. The van der Waals surface area contributed by atoms with E-state index in [1.54, 1.807) is 11.5 Å². The van der Waals surface area contributed by atoms with Crippen LogP contribution in [0.4, 0.5) is 11.5 Å². The number of carbonyl (C=O) groups is 2. The molecule has 0 atom stereocenters. The average Bonchev–Trinajstić information content (AvgIpc) is 2.90. The van der Waals surface area contributed by atoms with E-state index in [1.165, 1.54) is 18.2 Å². The van der Waals surface area contributed by atoms with Crippen LogP contribution in [0.2, 0.25) is 0 Å². The maximum Gasteiger partial charge on any atom is 0.352 e. The van der Waals surface area contributed by atoms with Gasteiger partial charge in [0.25, 0.3) is 11.6 Å². The number of hydrogen-bond donors (Lipinski definition) is 1. The number of nitrogens with zero attached hydrogens (tertiary/aromatic N) is 2. The molecular weight excluding hydrogens is 366 g/mol.